The minimum atomic E-state index is -1.43. The van der Waals surface area contributed by atoms with E-state index in [0.29, 0.717) is 17.7 Å². The number of methoxy groups -OCH3 is 2. The number of nitrogens with zero attached hydrogens (tertiary/aromatic N) is 1. The van der Waals surface area contributed by atoms with Crippen LogP contribution in [0.25, 0.3) is 22.3 Å². The fraction of sp³-hybridized carbons (Fsp3) is 0.507. The van der Waals surface area contributed by atoms with E-state index in [1.54, 1.807) is 65.8 Å². The Bertz CT molecular complexity index is 2930. The van der Waals surface area contributed by atoms with Gasteiger partial charge in [0.2, 0.25) is 23.6 Å². The van der Waals surface area contributed by atoms with Gasteiger partial charge in [0, 0.05) is 63.5 Å². The predicted molar refractivity (Wildman–Crippen MR) is 335 cm³/mol. The number of carbonyl (C=O) groups excluding carboxylic acids is 9. The maximum Gasteiger partial charge on any atom is 0.410 e. The van der Waals surface area contributed by atoms with Crippen LogP contribution < -0.4 is 31.9 Å². The van der Waals surface area contributed by atoms with E-state index in [1.807, 2.05) is 60.7 Å². The van der Waals surface area contributed by atoms with E-state index in [0.717, 1.165) is 79.0 Å². The van der Waals surface area contributed by atoms with Gasteiger partial charge in [0.15, 0.2) is 0 Å². The number of amides is 7. The van der Waals surface area contributed by atoms with Crippen molar-refractivity contribution in [3.05, 3.63) is 114 Å². The lowest BCUT2D eigenvalue weighted by atomic mass is 9.98. The third-order valence-electron chi connectivity index (χ3n) is 14.5. The Morgan fingerprint density at radius 3 is 1.77 bits per heavy atom. The number of esters is 2. The van der Waals surface area contributed by atoms with Gasteiger partial charge in [-0.15, -0.1) is 0 Å². The van der Waals surface area contributed by atoms with E-state index in [9.17, 15) is 43.2 Å². The number of ether oxygens (including phenoxy) is 5. The Morgan fingerprint density at radius 2 is 1.18 bits per heavy atom. The second kappa shape index (κ2) is 34.7. The van der Waals surface area contributed by atoms with Crippen molar-refractivity contribution < 1.29 is 66.8 Å². The molecule has 0 radical (unpaired) electrons. The lowest BCUT2D eigenvalue weighted by molar-refractivity contribution is -0.145. The van der Waals surface area contributed by atoms with Crippen molar-refractivity contribution in [1.82, 2.24) is 31.5 Å². The lowest BCUT2D eigenvalue weighted by Gasteiger charge is -2.32. The van der Waals surface area contributed by atoms with Gasteiger partial charge in [-0.1, -0.05) is 130 Å². The highest BCUT2D eigenvalue weighted by Crippen LogP contribution is 2.44. The smallest absolute Gasteiger partial charge is 0.410 e. The second-order valence-electron chi connectivity index (χ2n) is 24.0. The monoisotopic (exact) mass is 1220 g/mol. The number of benzene rings is 4. The number of hydrogen-bond acceptors (Lipinski definition) is 14. The van der Waals surface area contributed by atoms with Crippen LogP contribution in [0.15, 0.2) is 97.1 Å². The van der Waals surface area contributed by atoms with Crippen LogP contribution >= 0.6 is 0 Å². The molecule has 0 spiro atoms. The van der Waals surface area contributed by atoms with Gasteiger partial charge in [-0.2, -0.15) is 0 Å². The molecule has 0 heterocycles. The number of hydrogen-bond donors (Lipinski definition) is 6. The first kappa shape index (κ1) is 70.3. The van der Waals surface area contributed by atoms with E-state index in [1.165, 1.54) is 18.9 Å². The fourth-order valence-corrected chi connectivity index (χ4v) is 10.2. The minimum absolute atomic E-state index is 0.00908. The third kappa shape index (κ3) is 24.0. The topological polar surface area (TPSA) is 275 Å². The Morgan fingerprint density at radius 1 is 0.580 bits per heavy atom. The SMILES string of the molecule is CCCCCCCC[C@@H](CN(CC[C@H](NC(=O)OC(C)(C)C)C(=O)N[C@H](Cc1ccc(-c2ccc(NC(C)=O)cc2)cc1)C(=O)NCC[C@@H](NC(=O)CCCC(=O)OC)C(=O)OC)C(=O)OC(C)(C)C)NC(=O)OCC1c2ccccc2-c2ccccc21. The number of unbranched alkanes of at least 4 members (excludes halogenated alkanes) is 5. The normalized spacial score (nSPS) is 13.2. The molecule has 21 nitrogen and oxygen atoms in total. The molecule has 5 rings (SSSR count). The summed E-state index contributed by atoms with van der Waals surface area (Å²) in [5.41, 5.74) is 5.24. The summed E-state index contributed by atoms with van der Waals surface area (Å²) in [6.45, 7) is 13.4. The molecule has 0 aromatic heterocycles. The fourth-order valence-electron chi connectivity index (χ4n) is 10.2. The van der Waals surface area contributed by atoms with Crippen molar-refractivity contribution in [2.75, 3.05) is 45.8 Å². The van der Waals surface area contributed by atoms with Gasteiger partial charge in [-0.25, -0.2) is 19.2 Å². The Hall–Kier alpha value is -8.49. The maximum atomic E-state index is 14.9. The molecule has 0 saturated heterocycles. The van der Waals surface area contributed by atoms with Crippen LogP contribution in [0.1, 0.15) is 155 Å². The number of nitrogens with one attached hydrogen (secondary N) is 6. The Kier molecular flexibility index (Phi) is 27.7. The molecule has 0 unspecified atom stereocenters. The van der Waals surface area contributed by atoms with E-state index < -0.39 is 83.3 Å². The van der Waals surface area contributed by atoms with Gasteiger partial charge in [-0.05, 0) is 118 Å². The van der Waals surface area contributed by atoms with Crippen LogP contribution in [-0.2, 0) is 58.9 Å². The predicted octanol–water partition coefficient (Wildman–Crippen LogP) is 10.0. The van der Waals surface area contributed by atoms with Crippen molar-refractivity contribution in [2.45, 2.75) is 180 Å². The molecule has 0 bridgehead atoms. The summed E-state index contributed by atoms with van der Waals surface area (Å²) >= 11 is 0. The third-order valence-corrected chi connectivity index (χ3v) is 14.5. The highest BCUT2D eigenvalue weighted by Gasteiger charge is 2.34. The van der Waals surface area contributed by atoms with Crippen LogP contribution in [0.2, 0.25) is 0 Å². The first-order valence-electron chi connectivity index (χ1n) is 30.4. The zero-order chi connectivity index (χ0) is 64.4. The number of alkyl carbamates (subject to hydrolysis) is 2. The van der Waals surface area contributed by atoms with Gasteiger partial charge in [0.25, 0.3) is 0 Å². The number of anilines is 1. The van der Waals surface area contributed by atoms with Crippen molar-refractivity contribution >= 4 is 59.5 Å². The van der Waals surface area contributed by atoms with E-state index >= 15 is 0 Å². The van der Waals surface area contributed by atoms with E-state index in [4.69, 9.17) is 18.9 Å². The highest BCUT2D eigenvalue weighted by atomic mass is 16.6. The van der Waals surface area contributed by atoms with Gasteiger partial charge < -0.3 is 60.5 Å². The number of fused-ring (bicyclic) bond motifs is 3. The molecule has 0 aliphatic heterocycles. The average molecular weight is 1220 g/mol. The molecule has 88 heavy (non-hydrogen) atoms. The number of rotatable bonds is 32. The average Bonchev–Trinajstić information content (AvgIpc) is 2.21. The largest absolute Gasteiger partial charge is 0.469 e. The van der Waals surface area contributed by atoms with Crippen molar-refractivity contribution in [3.63, 3.8) is 0 Å². The standard InChI is InChI=1S/C67H91N7O14/c1-11-12-13-14-15-16-22-49(70-63(81)86-43-54-52-25-19-17-23-50(52)51-24-18-20-26-53(51)54)42-74(65(83)88-67(6,7)8)40-38-55(73-64(82)87-66(3,4)5)61(79)72-57(41-45-29-31-46(32-30-45)47-33-35-48(36-34-47)69-44(2)75)60(78)68-39-37-56(62(80)85-10)71-58(76)27-21-28-59(77)84-9/h17-20,23-26,29-36,49,54-57H,11-16,21-22,27-28,37-43H2,1-10H3,(H,68,78)(H,69,75)(H,70,81)(H,71,76)(H,72,79)(H,73,82)/t49-,55-,56+,57+/m0/s1. The molecule has 7 amide bonds. The molecule has 478 valence electrons. The lowest BCUT2D eigenvalue weighted by Crippen LogP contribution is -2.56. The van der Waals surface area contributed by atoms with Crippen LogP contribution in [0, 0.1) is 0 Å². The molecule has 21 heteroatoms. The summed E-state index contributed by atoms with van der Waals surface area (Å²) in [7, 11) is 2.39. The molecule has 0 saturated carbocycles. The molecule has 4 atom stereocenters. The molecule has 4 aromatic carbocycles. The van der Waals surface area contributed by atoms with Crippen LogP contribution in [0.4, 0.5) is 20.1 Å². The van der Waals surface area contributed by atoms with Crippen molar-refractivity contribution in [2.24, 2.45) is 0 Å². The quantitative estimate of drug-likeness (QED) is 0.0151. The van der Waals surface area contributed by atoms with Crippen molar-refractivity contribution in [1.29, 1.82) is 0 Å². The highest BCUT2D eigenvalue weighted by molar-refractivity contribution is 5.92. The molecule has 6 N–H and O–H groups in total. The second-order valence-corrected chi connectivity index (χ2v) is 24.0. The minimum Gasteiger partial charge on any atom is -0.469 e. The first-order chi connectivity index (χ1) is 41.9. The van der Waals surface area contributed by atoms with Gasteiger partial charge >= 0.3 is 30.2 Å². The van der Waals surface area contributed by atoms with Gasteiger partial charge in [-0.3, -0.25) is 24.0 Å². The Labute approximate surface area is 517 Å². The summed E-state index contributed by atoms with van der Waals surface area (Å²) in [5.74, 6) is -3.68. The molecule has 0 fully saturated rings. The molecule has 1 aliphatic carbocycles. The summed E-state index contributed by atoms with van der Waals surface area (Å²) in [4.78, 5) is 122. The van der Waals surface area contributed by atoms with Crippen LogP contribution in [0.3, 0.4) is 0 Å². The Balaban J connectivity index is 1.41. The summed E-state index contributed by atoms with van der Waals surface area (Å²) < 4.78 is 27.2. The van der Waals surface area contributed by atoms with E-state index in [-0.39, 0.29) is 76.6 Å². The molecule has 4 aromatic rings. The zero-order valence-electron chi connectivity index (χ0n) is 52.8. The van der Waals surface area contributed by atoms with Crippen LogP contribution in [-0.4, -0.2) is 135 Å². The zero-order valence-corrected chi connectivity index (χ0v) is 52.8. The summed E-state index contributed by atoms with van der Waals surface area (Å²) in [6, 6.07) is 26.0. The maximum absolute atomic E-state index is 14.9. The van der Waals surface area contributed by atoms with Crippen LogP contribution in [0.5, 0.6) is 0 Å². The summed E-state index contributed by atoms with van der Waals surface area (Å²) in [6.07, 6.45) is 3.61. The van der Waals surface area contributed by atoms with Crippen molar-refractivity contribution in [3.8, 4) is 22.3 Å². The number of carbonyl (C=O) groups is 9. The summed E-state index contributed by atoms with van der Waals surface area (Å²) in [5, 5.41) is 16.7. The molecule has 1 aliphatic rings. The molecular formula is C67H91N7O14. The van der Waals surface area contributed by atoms with Gasteiger partial charge in [0.1, 0.15) is 35.9 Å². The van der Waals surface area contributed by atoms with E-state index in [2.05, 4.69) is 55.7 Å². The molecular weight excluding hydrogens is 1130 g/mol. The first-order valence-corrected chi connectivity index (χ1v) is 30.4. The van der Waals surface area contributed by atoms with Gasteiger partial charge in [0.05, 0.1) is 14.2 Å².